The van der Waals surface area contributed by atoms with Crippen LogP contribution in [-0.4, -0.2) is 12.3 Å². The molecule has 1 N–H and O–H groups in total. The molecule has 1 aromatic rings. The molecule has 0 aliphatic heterocycles. The molecule has 0 unspecified atom stereocenters. The van der Waals surface area contributed by atoms with E-state index in [0.717, 1.165) is 11.8 Å². The summed E-state index contributed by atoms with van der Waals surface area (Å²) in [5.41, 5.74) is 1.44. The zero-order valence-corrected chi connectivity index (χ0v) is 10.1. The molecule has 1 aromatic carbocycles. The summed E-state index contributed by atoms with van der Waals surface area (Å²) in [4.78, 5) is 1.47. The first kappa shape index (κ1) is 11.0. The van der Waals surface area contributed by atoms with Crippen LogP contribution in [0.3, 0.4) is 0 Å². The third-order valence-electron chi connectivity index (χ3n) is 2.94. The quantitative estimate of drug-likeness (QED) is 0.836. The number of rotatable bonds is 4. The van der Waals surface area contributed by atoms with Gasteiger partial charge in [-0.05, 0) is 31.5 Å². The van der Waals surface area contributed by atoms with Gasteiger partial charge in [0.05, 0.1) is 0 Å². The first-order valence-corrected chi connectivity index (χ1v) is 6.67. The molecule has 0 spiro atoms. The van der Waals surface area contributed by atoms with Crippen LogP contribution in [0.5, 0.6) is 0 Å². The molecule has 0 atom stereocenters. The van der Waals surface area contributed by atoms with Crippen molar-refractivity contribution in [3.63, 3.8) is 0 Å². The molecule has 82 valence electrons. The van der Waals surface area contributed by atoms with Gasteiger partial charge < -0.3 is 5.32 Å². The van der Waals surface area contributed by atoms with E-state index in [1.807, 2.05) is 7.05 Å². The molecule has 2 heteroatoms. The standard InChI is InChI=1S/C13H19NS/c1-14-10-11-6-2-5-9-13(11)15-12-7-3-4-8-12/h2,5-6,9,12,14H,3-4,7-8,10H2,1H3. The Bertz CT molecular complexity index is 305. The summed E-state index contributed by atoms with van der Waals surface area (Å²) < 4.78 is 0. The predicted molar refractivity (Wildman–Crippen MR) is 67.3 cm³/mol. The molecule has 1 nitrogen and oxygen atoms in total. The van der Waals surface area contributed by atoms with E-state index in [2.05, 4.69) is 41.3 Å². The molecule has 1 aliphatic carbocycles. The molecule has 2 rings (SSSR count). The van der Waals surface area contributed by atoms with Gasteiger partial charge in [-0.1, -0.05) is 31.0 Å². The van der Waals surface area contributed by atoms with Crippen molar-refractivity contribution >= 4 is 11.8 Å². The van der Waals surface area contributed by atoms with Gasteiger partial charge in [0.1, 0.15) is 0 Å². The fraction of sp³-hybridized carbons (Fsp3) is 0.538. The lowest BCUT2D eigenvalue weighted by Gasteiger charge is -2.12. The van der Waals surface area contributed by atoms with Crippen molar-refractivity contribution < 1.29 is 0 Å². The number of hydrogen-bond acceptors (Lipinski definition) is 2. The Morgan fingerprint density at radius 3 is 2.73 bits per heavy atom. The molecule has 0 bridgehead atoms. The lowest BCUT2D eigenvalue weighted by Crippen LogP contribution is -2.06. The Morgan fingerprint density at radius 2 is 2.00 bits per heavy atom. The average Bonchev–Trinajstić information content (AvgIpc) is 2.74. The van der Waals surface area contributed by atoms with Crippen molar-refractivity contribution in [1.82, 2.24) is 5.32 Å². The van der Waals surface area contributed by atoms with E-state index in [1.54, 1.807) is 0 Å². The molecule has 1 aliphatic rings. The normalized spacial score (nSPS) is 17.1. The van der Waals surface area contributed by atoms with Crippen LogP contribution in [0.2, 0.25) is 0 Å². The van der Waals surface area contributed by atoms with Crippen molar-refractivity contribution in [2.75, 3.05) is 7.05 Å². The second-order valence-electron chi connectivity index (χ2n) is 4.16. The van der Waals surface area contributed by atoms with E-state index in [0.29, 0.717) is 0 Å². The fourth-order valence-corrected chi connectivity index (χ4v) is 3.52. The smallest absolute Gasteiger partial charge is 0.0213 e. The molecule has 0 radical (unpaired) electrons. The molecule has 0 heterocycles. The van der Waals surface area contributed by atoms with E-state index < -0.39 is 0 Å². The van der Waals surface area contributed by atoms with E-state index in [4.69, 9.17) is 0 Å². The van der Waals surface area contributed by atoms with Crippen LogP contribution in [0, 0.1) is 0 Å². The van der Waals surface area contributed by atoms with Crippen molar-refractivity contribution in [3.05, 3.63) is 29.8 Å². The Labute approximate surface area is 96.7 Å². The fourth-order valence-electron chi connectivity index (χ4n) is 2.14. The molecule has 15 heavy (non-hydrogen) atoms. The molecule has 0 amide bonds. The van der Waals surface area contributed by atoms with Crippen molar-refractivity contribution in [1.29, 1.82) is 0 Å². The Balaban J connectivity index is 2.05. The van der Waals surface area contributed by atoms with Crippen molar-refractivity contribution in [3.8, 4) is 0 Å². The van der Waals surface area contributed by atoms with E-state index in [9.17, 15) is 0 Å². The maximum Gasteiger partial charge on any atom is 0.0213 e. The summed E-state index contributed by atoms with van der Waals surface area (Å²) >= 11 is 2.08. The van der Waals surface area contributed by atoms with Gasteiger partial charge in [0.2, 0.25) is 0 Å². The highest BCUT2D eigenvalue weighted by Crippen LogP contribution is 2.36. The van der Waals surface area contributed by atoms with Crippen LogP contribution in [0.4, 0.5) is 0 Å². The second-order valence-corrected chi connectivity index (χ2v) is 5.50. The van der Waals surface area contributed by atoms with E-state index in [1.165, 1.54) is 36.1 Å². The minimum absolute atomic E-state index is 0.864. The first-order chi connectivity index (χ1) is 7.40. The average molecular weight is 221 g/mol. The highest BCUT2D eigenvalue weighted by atomic mass is 32.2. The highest BCUT2D eigenvalue weighted by Gasteiger charge is 2.17. The predicted octanol–water partition coefficient (Wildman–Crippen LogP) is 3.44. The zero-order chi connectivity index (χ0) is 10.5. The van der Waals surface area contributed by atoms with Crippen LogP contribution in [0.1, 0.15) is 31.2 Å². The van der Waals surface area contributed by atoms with Crippen LogP contribution < -0.4 is 5.32 Å². The van der Waals surface area contributed by atoms with Gasteiger partial charge in [0.25, 0.3) is 0 Å². The van der Waals surface area contributed by atoms with Gasteiger partial charge in [0.15, 0.2) is 0 Å². The highest BCUT2D eigenvalue weighted by molar-refractivity contribution is 8.00. The topological polar surface area (TPSA) is 12.0 Å². The third kappa shape index (κ3) is 2.99. The van der Waals surface area contributed by atoms with Crippen molar-refractivity contribution in [2.45, 2.75) is 42.4 Å². The molecule has 0 saturated heterocycles. The largest absolute Gasteiger partial charge is 0.316 e. The Morgan fingerprint density at radius 1 is 1.27 bits per heavy atom. The van der Waals surface area contributed by atoms with Gasteiger partial charge >= 0.3 is 0 Å². The minimum atomic E-state index is 0.864. The lowest BCUT2D eigenvalue weighted by atomic mass is 10.2. The summed E-state index contributed by atoms with van der Waals surface area (Å²) in [6.45, 7) is 0.982. The lowest BCUT2D eigenvalue weighted by molar-refractivity contribution is 0.801. The van der Waals surface area contributed by atoms with E-state index >= 15 is 0 Å². The SMILES string of the molecule is CNCc1ccccc1SC1CCCC1. The Hall–Kier alpha value is -0.470. The molecule has 1 saturated carbocycles. The van der Waals surface area contributed by atoms with Crippen LogP contribution in [0.15, 0.2) is 29.2 Å². The third-order valence-corrected chi connectivity index (χ3v) is 4.39. The number of nitrogens with one attached hydrogen (secondary N) is 1. The Kier molecular flexibility index (Phi) is 4.09. The summed E-state index contributed by atoms with van der Waals surface area (Å²) in [7, 11) is 2.01. The number of thioether (sulfide) groups is 1. The zero-order valence-electron chi connectivity index (χ0n) is 9.33. The molecule has 1 fully saturated rings. The van der Waals surface area contributed by atoms with Crippen LogP contribution in [-0.2, 0) is 6.54 Å². The van der Waals surface area contributed by atoms with Gasteiger partial charge in [-0.15, -0.1) is 11.8 Å². The van der Waals surface area contributed by atoms with Gasteiger partial charge in [0, 0.05) is 16.7 Å². The first-order valence-electron chi connectivity index (χ1n) is 5.79. The van der Waals surface area contributed by atoms with Gasteiger partial charge in [-0.25, -0.2) is 0 Å². The minimum Gasteiger partial charge on any atom is -0.316 e. The van der Waals surface area contributed by atoms with Crippen molar-refractivity contribution in [2.24, 2.45) is 0 Å². The maximum atomic E-state index is 3.24. The summed E-state index contributed by atoms with van der Waals surface area (Å²) in [6.07, 6.45) is 5.65. The monoisotopic (exact) mass is 221 g/mol. The number of hydrogen-bond donors (Lipinski definition) is 1. The summed E-state index contributed by atoms with van der Waals surface area (Å²) in [6, 6.07) is 8.77. The van der Waals surface area contributed by atoms with Crippen LogP contribution >= 0.6 is 11.8 Å². The van der Waals surface area contributed by atoms with E-state index in [-0.39, 0.29) is 0 Å². The second kappa shape index (κ2) is 5.57. The van der Waals surface area contributed by atoms with Gasteiger partial charge in [-0.2, -0.15) is 0 Å². The molecule has 0 aromatic heterocycles. The molecular formula is C13H19NS. The number of benzene rings is 1. The maximum absolute atomic E-state index is 3.24. The van der Waals surface area contributed by atoms with Crippen LogP contribution in [0.25, 0.3) is 0 Å². The summed E-state index contributed by atoms with van der Waals surface area (Å²) in [5.74, 6) is 0. The summed E-state index contributed by atoms with van der Waals surface area (Å²) in [5, 5.41) is 4.10. The van der Waals surface area contributed by atoms with Gasteiger partial charge in [-0.3, -0.25) is 0 Å². The molecular weight excluding hydrogens is 202 g/mol.